The first-order valence-electron chi connectivity index (χ1n) is 2.97. The number of aromatic carboxylic acids is 1. The van der Waals surface area contributed by atoms with Crippen LogP contribution in [0.3, 0.4) is 0 Å². The highest BCUT2D eigenvalue weighted by Crippen LogP contribution is 2.08. The van der Waals surface area contributed by atoms with Crippen molar-refractivity contribution in [3.8, 4) is 0 Å². The van der Waals surface area contributed by atoms with E-state index in [4.69, 9.17) is 16.7 Å². The van der Waals surface area contributed by atoms with Crippen molar-refractivity contribution in [2.75, 3.05) is 0 Å². The summed E-state index contributed by atoms with van der Waals surface area (Å²) in [4.78, 5) is 10.5. The molecule has 0 unspecified atom stereocenters. The topological polar surface area (TPSA) is 55.1 Å². The van der Waals surface area contributed by atoms with E-state index in [1.165, 1.54) is 4.68 Å². The summed E-state index contributed by atoms with van der Waals surface area (Å²) in [6.45, 7) is 0. The van der Waals surface area contributed by atoms with E-state index in [2.05, 4.69) is 5.10 Å². The number of hydrogen-bond donors (Lipinski definition) is 1. The first-order valence-corrected chi connectivity index (χ1v) is 3.50. The molecule has 0 fully saturated rings. The largest absolute Gasteiger partial charge is 0.476 e. The molecular formula is C6H7ClN2O2. The van der Waals surface area contributed by atoms with E-state index in [1.807, 2.05) is 0 Å². The highest BCUT2D eigenvalue weighted by atomic mass is 35.5. The van der Waals surface area contributed by atoms with Crippen LogP contribution in [0.25, 0.3) is 0 Å². The Labute approximate surface area is 68.4 Å². The fourth-order valence-electron chi connectivity index (χ4n) is 0.815. The van der Waals surface area contributed by atoms with Crippen molar-refractivity contribution in [1.29, 1.82) is 0 Å². The Morgan fingerprint density at radius 1 is 1.91 bits per heavy atom. The number of carbonyl (C=O) groups is 1. The highest BCUT2D eigenvalue weighted by molar-refractivity contribution is 6.17. The zero-order valence-corrected chi connectivity index (χ0v) is 6.67. The fraction of sp³-hybridized carbons (Fsp3) is 0.333. The van der Waals surface area contributed by atoms with Gasteiger partial charge in [-0.15, -0.1) is 11.6 Å². The molecule has 1 heterocycles. The number of alkyl halides is 1. The molecule has 0 aromatic carbocycles. The van der Waals surface area contributed by atoms with Gasteiger partial charge in [0, 0.05) is 18.8 Å². The molecule has 1 N–H and O–H groups in total. The standard InChI is InChI=1S/C6H7ClN2O2/c1-9-3-4(2-7)5(8-9)6(10)11/h3H,2H2,1H3,(H,10,11). The monoisotopic (exact) mass is 174 g/mol. The second-order valence-electron chi connectivity index (χ2n) is 2.12. The van der Waals surface area contributed by atoms with Crippen molar-refractivity contribution in [1.82, 2.24) is 9.78 Å². The number of hydrogen-bond acceptors (Lipinski definition) is 2. The van der Waals surface area contributed by atoms with Gasteiger partial charge in [-0.3, -0.25) is 4.68 Å². The van der Waals surface area contributed by atoms with Gasteiger partial charge in [-0.25, -0.2) is 4.79 Å². The highest BCUT2D eigenvalue weighted by Gasteiger charge is 2.12. The van der Waals surface area contributed by atoms with Crippen molar-refractivity contribution in [2.24, 2.45) is 7.05 Å². The van der Waals surface area contributed by atoms with Gasteiger partial charge in [-0.1, -0.05) is 0 Å². The van der Waals surface area contributed by atoms with Crippen molar-refractivity contribution < 1.29 is 9.90 Å². The van der Waals surface area contributed by atoms with Gasteiger partial charge in [0.05, 0.1) is 5.88 Å². The number of aryl methyl sites for hydroxylation is 1. The Hall–Kier alpha value is -1.03. The normalized spacial score (nSPS) is 10.0. The van der Waals surface area contributed by atoms with E-state index in [-0.39, 0.29) is 11.6 Å². The Morgan fingerprint density at radius 3 is 2.91 bits per heavy atom. The number of halogens is 1. The molecule has 1 aromatic heterocycles. The number of rotatable bonds is 2. The number of carboxylic acids is 1. The van der Waals surface area contributed by atoms with Gasteiger partial charge in [0.15, 0.2) is 5.69 Å². The minimum atomic E-state index is -1.04. The smallest absolute Gasteiger partial charge is 0.356 e. The molecule has 1 rings (SSSR count). The summed E-state index contributed by atoms with van der Waals surface area (Å²) in [6, 6.07) is 0. The van der Waals surface area contributed by atoms with E-state index in [1.54, 1.807) is 13.2 Å². The number of aromatic nitrogens is 2. The van der Waals surface area contributed by atoms with Gasteiger partial charge < -0.3 is 5.11 Å². The van der Waals surface area contributed by atoms with Crippen molar-refractivity contribution in [3.05, 3.63) is 17.5 Å². The summed E-state index contributed by atoms with van der Waals surface area (Å²) >= 11 is 5.47. The summed E-state index contributed by atoms with van der Waals surface area (Å²) < 4.78 is 1.43. The predicted octanol–water partition coefficient (Wildman–Crippen LogP) is 0.857. The Kier molecular flexibility index (Phi) is 2.14. The summed E-state index contributed by atoms with van der Waals surface area (Å²) in [5.74, 6) is -0.864. The third-order valence-electron chi connectivity index (χ3n) is 1.25. The van der Waals surface area contributed by atoms with Gasteiger partial charge in [0.1, 0.15) is 0 Å². The first kappa shape index (κ1) is 8.07. The molecule has 11 heavy (non-hydrogen) atoms. The molecule has 0 aliphatic rings. The minimum absolute atomic E-state index is 0.0301. The Balaban J connectivity index is 3.12. The summed E-state index contributed by atoms with van der Waals surface area (Å²) in [7, 11) is 1.66. The summed E-state index contributed by atoms with van der Waals surface area (Å²) in [6.07, 6.45) is 1.59. The van der Waals surface area contributed by atoms with Crippen LogP contribution < -0.4 is 0 Å². The van der Waals surface area contributed by atoms with Crippen LogP contribution in [0.15, 0.2) is 6.20 Å². The van der Waals surface area contributed by atoms with Crippen LogP contribution >= 0.6 is 11.6 Å². The molecular weight excluding hydrogens is 168 g/mol. The third-order valence-corrected chi connectivity index (χ3v) is 1.54. The quantitative estimate of drug-likeness (QED) is 0.677. The molecule has 0 bridgehead atoms. The fourth-order valence-corrected chi connectivity index (χ4v) is 1.01. The average molecular weight is 175 g/mol. The van der Waals surface area contributed by atoms with Crippen LogP contribution in [0.5, 0.6) is 0 Å². The minimum Gasteiger partial charge on any atom is -0.476 e. The van der Waals surface area contributed by atoms with Crippen LogP contribution in [0.1, 0.15) is 16.1 Å². The molecule has 0 saturated carbocycles. The second kappa shape index (κ2) is 2.92. The van der Waals surface area contributed by atoms with Crippen LogP contribution in [0.2, 0.25) is 0 Å². The zero-order chi connectivity index (χ0) is 8.43. The Morgan fingerprint density at radius 2 is 2.55 bits per heavy atom. The maximum absolute atomic E-state index is 10.5. The second-order valence-corrected chi connectivity index (χ2v) is 2.38. The molecule has 5 heteroatoms. The third kappa shape index (κ3) is 1.51. The van der Waals surface area contributed by atoms with Gasteiger partial charge >= 0.3 is 5.97 Å². The van der Waals surface area contributed by atoms with Crippen molar-refractivity contribution in [3.63, 3.8) is 0 Å². The van der Waals surface area contributed by atoms with Gasteiger partial charge in [0.25, 0.3) is 0 Å². The molecule has 0 saturated heterocycles. The molecule has 60 valence electrons. The van der Waals surface area contributed by atoms with Crippen molar-refractivity contribution >= 4 is 17.6 Å². The predicted molar refractivity (Wildman–Crippen MR) is 39.7 cm³/mol. The molecule has 1 aromatic rings. The average Bonchev–Trinajstić information content (AvgIpc) is 2.30. The number of nitrogens with zero attached hydrogens (tertiary/aromatic N) is 2. The van der Waals surface area contributed by atoms with Crippen LogP contribution in [0, 0.1) is 0 Å². The van der Waals surface area contributed by atoms with E-state index in [0.717, 1.165) is 0 Å². The van der Waals surface area contributed by atoms with E-state index >= 15 is 0 Å². The molecule has 0 spiro atoms. The molecule has 0 aliphatic carbocycles. The van der Waals surface area contributed by atoms with Gasteiger partial charge in [0.2, 0.25) is 0 Å². The van der Waals surface area contributed by atoms with E-state index in [9.17, 15) is 4.79 Å². The van der Waals surface area contributed by atoms with Gasteiger partial charge in [-0.05, 0) is 0 Å². The maximum Gasteiger partial charge on any atom is 0.356 e. The van der Waals surface area contributed by atoms with E-state index in [0.29, 0.717) is 5.56 Å². The lowest BCUT2D eigenvalue weighted by Crippen LogP contribution is -2.01. The summed E-state index contributed by atoms with van der Waals surface area (Å²) in [5.41, 5.74) is 0.573. The first-order chi connectivity index (χ1) is 5.15. The summed E-state index contributed by atoms with van der Waals surface area (Å²) in [5, 5.41) is 12.3. The van der Waals surface area contributed by atoms with Crippen LogP contribution in [-0.4, -0.2) is 20.9 Å². The van der Waals surface area contributed by atoms with Crippen molar-refractivity contribution in [2.45, 2.75) is 5.88 Å². The zero-order valence-electron chi connectivity index (χ0n) is 5.91. The number of carboxylic acid groups (broad SMARTS) is 1. The maximum atomic E-state index is 10.5. The van der Waals surface area contributed by atoms with Gasteiger partial charge in [-0.2, -0.15) is 5.10 Å². The van der Waals surface area contributed by atoms with Crippen LogP contribution in [-0.2, 0) is 12.9 Å². The Bertz CT molecular complexity index is 282. The molecule has 0 radical (unpaired) electrons. The van der Waals surface area contributed by atoms with Crippen LogP contribution in [0.4, 0.5) is 0 Å². The molecule has 0 amide bonds. The SMILES string of the molecule is Cn1cc(CCl)c(C(=O)O)n1. The molecule has 4 nitrogen and oxygen atoms in total. The lowest BCUT2D eigenvalue weighted by atomic mass is 10.3. The molecule has 0 atom stereocenters. The molecule has 0 aliphatic heterocycles. The lowest BCUT2D eigenvalue weighted by Gasteiger charge is -1.87. The lowest BCUT2D eigenvalue weighted by molar-refractivity contribution is 0.0688. The van der Waals surface area contributed by atoms with E-state index < -0.39 is 5.97 Å².